The van der Waals surface area contributed by atoms with Crippen molar-refractivity contribution < 1.29 is 4.74 Å². The Morgan fingerprint density at radius 2 is 1.81 bits per heavy atom. The number of hydrogen-bond donors (Lipinski definition) is 1. The highest BCUT2D eigenvalue weighted by molar-refractivity contribution is 4.79. The second kappa shape index (κ2) is 5.50. The van der Waals surface area contributed by atoms with Gasteiger partial charge in [-0.3, -0.25) is 0 Å². The molecule has 1 rings (SSSR count). The largest absolute Gasteiger partial charge is 0.374 e. The second-order valence-electron chi connectivity index (χ2n) is 6.95. The van der Waals surface area contributed by atoms with Crippen molar-refractivity contribution in [3.8, 4) is 0 Å². The summed E-state index contributed by atoms with van der Waals surface area (Å²) in [6.07, 6.45) is 5.04. The fourth-order valence-corrected chi connectivity index (χ4v) is 2.72. The van der Waals surface area contributed by atoms with Crippen LogP contribution in [-0.2, 0) is 4.74 Å². The molecule has 0 saturated carbocycles. The molecule has 0 amide bonds. The summed E-state index contributed by atoms with van der Waals surface area (Å²) in [5.74, 6) is 0. The topological polar surface area (TPSA) is 21.3 Å². The van der Waals surface area contributed by atoms with Crippen molar-refractivity contribution in [3.05, 3.63) is 0 Å². The van der Waals surface area contributed by atoms with E-state index in [2.05, 4.69) is 39.9 Å². The molecule has 0 radical (unpaired) electrons. The molecule has 0 aromatic rings. The van der Waals surface area contributed by atoms with Crippen molar-refractivity contribution in [1.82, 2.24) is 5.32 Å². The Morgan fingerprint density at radius 3 is 2.31 bits per heavy atom. The molecule has 1 atom stereocenters. The summed E-state index contributed by atoms with van der Waals surface area (Å²) in [6, 6.07) is 0.577. The van der Waals surface area contributed by atoms with Gasteiger partial charge in [0, 0.05) is 6.04 Å². The molecule has 1 saturated heterocycles. The van der Waals surface area contributed by atoms with Gasteiger partial charge in [-0.2, -0.15) is 0 Å². The van der Waals surface area contributed by atoms with Gasteiger partial charge in [-0.15, -0.1) is 0 Å². The number of piperidine rings is 1. The molecule has 1 fully saturated rings. The molecule has 1 aliphatic heterocycles. The van der Waals surface area contributed by atoms with E-state index in [0.717, 1.165) is 19.6 Å². The molecule has 0 aromatic heterocycles. The Morgan fingerprint density at radius 1 is 1.12 bits per heavy atom. The van der Waals surface area contributed by atoms with Crippen LogP contribution in [0.3, 0.4) is 0 Å². The number of nitrogens with one attached hydrogen (secondary N) is 1. The van der Waals surface area contributed by atoms with Gasteiger partial charge in [0.1, 0.15) is 0 Å². The highest BCUT2D eigenvalue weighted by atomic mass is 16.5. The fourth-order valence-electron chi connectivity index (χ4n) is 2.72. The van der Waals surface area contributed by atoms with E-state index in [-0.39, 0.29) is 5.60 Å². The average Bonchev–Trinajstić information content (AvgIpc) is 2.13. The fraction of sp³-hybridized carbons (Fsp3) is 1.00. The van der Waals surface area contributed by atoms with Crippen LogP contribution in [0, 0.1) is 5.41 Å². The van der Waals surface area contributed by atoms with Crippen LogP contribution in [0.2, 0.25) is 0 Å². The standard InChI is InChI=1S/C14H29NO/c1-13(2,3)11-14(4,5)16-10-12-8-6-7-9-15-12/h12,15H,6-11H2,1-5H3/t12-/m0/s1. The number of rotatable bonds is 4. The van der Waals surface area contributed by atoms with Crippen LogP contribution in [0.15, 0.2) is 0 Å². The zero-order valence-electron chi connectivity index (χ0n) is 11.7. The van der Waals surface area contributed by atoms with Gasteiger partial charge >= 0.3 is 0 Å². The van der Waals surface area contributed by atoms with Crippen LogP contribution in [-0.4, -0.2) is 24.8 Å². The van der Waals surface area contributed by atoms with Crippen molar-refractivity contribution in [1.29, 1.82) is 0 Å². The highest BCUT2D eigenvalue weighted by Crippen LogP contribution is 2.29. The van der Waals surface area contributed by atoms with E-state index in [1.54, 1.807) is 0 Å². The second-order valence-corrected chi connectivity index (χ2v) is 6.95. The minimum atomic E-state index is -0.00260. The zero-order chi connectivity index (χ0) is 12.2. The lowest BCUT2D eigenvalue weighted by molar-refractivity contribution is -0.0539. The average molecular weight is 227 g/mol. The Kier molecular flexibility index (Phi) is 4.81. The summed E-state index contributed by atoms with van der Waals surface area (Å²) in [5.41, 5.74) is 0.334. The first-order chi connectivity index (χ1) is 7.29. The summed E-state index contributed by atoms with van der Waals surface area (Å²) in [5, 5.41) is 3.53. The first-order valence-electron chi connectivity index (χ1n) is 6.66. The van der Waals surface area contributed by atoms with Crippen molar-refractivity contribution in [3.63, 3.8) is 0 Å². The van der Waals surface area contributed by atoms with Crippen molar-refractivity contribution >= 4 is 0 Å². The predicted molar refractivity (Wildman–Crippen MR) is 69.7 cm³/mol. The molecule has 0 unspecified atom stereocenters. The van der Waals surface area contributed by atoms with Crippen LogP contribution >= 0.6 is 0 Å². The first kappa shape index (κ1) is 14.0. The van der Waals surface area contributed by atoms with E-state index in [9.17, 15) is 0 Å². The summed E-state index contributed by atoms with van der Waals surface area (Å²) >= 11 is 0. The van der Waals surface area contributed by atoms with E-state index in [1.165, 1.54) is 19.3 Å². The maximum atomic E-state index is 6.08. The van der Waals surface area contributed by atoms with E-state index >= 15 is 0 Å². The molecule has 2 nitrogen and oxygen atoms in total. The van der Waals surface area contributed by atoms with E-state index < -0.39 is 0 Å². The minimum absolute atomic E-state index is 0.00260. The van der Waals surface area contributed by atoms with Gasteiger partial charge in [0.2, 0.25) is 0 Å². The summed E-state index contributed by atoms with van der Waals surface area (Å²) in [4.78, 5) is 0. The van der Waals surface area contributed by atoms with E-state index in [4.69, 9.17) is 4.74 Å². The molecule has 1 N–H and O–H groups in total. The SMILES string of the molecule is CC(C)(C)CC(C)(C)OC[C@@H]1CCCCN1. The molecule has 0 bridgehead atoms. The first-order valence-corrected chi connectivity index (χ1v) is 6.66. The van der Waals surface area contributed by atoms with Crippen molar-refractivity contribution in [2.45, 2.75) is 71.9 Å². The van der Waals surface area contributed by atoms with Crippen LogP contribution in [0.5, 0.6) is 0 Å². The van der Waals surface area contributed by atoms with Gasteiger partial charge in [0.25, 0.3) is 0 Å². The smallest absolute Gasteiger partial charge is 0.0632 e. The van der Waals surface area contributed by atoms with Crippen molar-refractivity contribution in [2.24, 2.45) is 5.41 Å². The van der Waals surface area contributed by atoms with Gasteiger partial charge in [0.05, 0.1) is 12.2 Å². The highest BCUT2D eigenvalue weighted by Gasteiger charge is 2.27. The maximum absolute atomic E-state index is 6.08. The zero-order valence-corrected chi connectivity index (χ0v) is 11.7. The monoisotopic (exact) mass is 227 g/mol. The lowest BCUT2D eigenvalue weighted by Gasteiger charge is -2.34. The van der Waals surface area contributed by atoms with Gasteiger partial charge < -0.3 is 10.1 Å². The Hall–Kier alpha value is -0.0800. The molecule has 1 heterocycles. The number of ether oxygens (including phenoxy) is 1. The Balaban J connectivity index is 2.29. The summed E-state index contributed by atoms with van der Waals surface area (Å²) in [7, 11) is 0. The van der Waals surface area contributed by atoms with Gasteiger partial charge in [-0.25, -0.2) is 0 Å². The van der Waals surface area contributed by atoms with Crippen molar-refractivity contribution in [2.75, 3.05) is 13.2 Å². The summed E-state index contributed by atoms with van der Waals surface area (Å²) < 4.78 is 6.08. The molecule has 0 spiro atoms. The third-order valence-electron chi connectivity index (χ3n) is 3.04. The third-order valence-corrected chi connectivity index (χ3v) is 3.04. The maximum Gasteiger partial charge on any atom is 0.0632 e. The molecule has 2 heteroatoms. The normalized spacial score (nSPS) is 23.4. The Bertz CT molecular complexity index is 199. The van der Waals surface area contributed by atoms with Crippen LogP contribution in [0.25, 0.3) is 0 Å². The molecule has 0 aliphatic carbocycles. The number of hydrogen-bond acceptors (Lipinski definition) is 2. The van der Waals surface area contributed by atoms with Crippen LogP contribution in [0.4, 0.5) is 0 Å². The molecule has 1 aliphatic rings. The lowest BCUT2D eigenvalue weighted by atomic mass is 9.83. The third kappa shape index (κ3) is 5.86. The van der Waals surface area contributed by atoms with E-state index in [0.29, 0.717) is 11.5 Å². The molecule has 0 aromatic carbocycles. The predicted octanol–water partition coefficient (Wildman–Crippen LogP) is 3.36. The quantitative estimate of drug-likeness (QED) is 0.795. The van der Waals surface area contributed by atoms with Gasteiger partial charge in [-0.05, 0) is 45.1 Å². The van der Waals surface area contributed by atoms with Crippen LogP contribution in [0.1, 0.15) is 60.3 Å². The van der Waals surface area contributed by atoms with Crippen LogP contribution < -0.4 is 5.32 Å². The Labute approximate surface area is 101 Å². The molecule has 96 valence electrons. The molecular formula is C14H29NO. The molecular weight excluding hydrogens is 198 g/mol. The minimum Gasteiger partial charge on any atom is -0.374 e. The van der Waals surface area contributed by atoms with Gasteiger partial charge in [0.15, 0.2) is 0 Å². The lowest BCUT2D eigenvalue weighted by Crippen LogP contribution is -2.41. The van der Waals surface area contributed by atoms with Gasteiger partial charge in [-0.1, -0.05) is 27.2 Å². The van der Waals surface area contributed by atoms with E-state index in [1.807, 2.05) is 0 Å². The molecule has 16 heavy (non-hydrogen) atoms. The summed E-state index contributed by atoms with van der Waals surface area (Å²) in [6.45, 7) is 13.3.